The van der Waals surface area contributed by atoms with E-state index in [1.54, 1.807) is 4.68 Å². The molecule has 25 heavy (non-hydrogen) atoms. The molecule has 0 radical (unpaired) electrons. The van der Waals surface area contributed by atoms with Crippen LogP contribution in [0.25, 0.3) is 0 Å². The van der Waals surface area contributed by atoms with Gasteiger partial charge in [0.15, 0.2) is 0 Å². The molecule has 1 aromatic heterocycles. The Kier molecular flexibility index (Phi) is 4.70. The van der Waals surface area contributed by atoms with Crippen LogP contribution in [0.15, 0.2) is 36.7 Å². The second kappa shape index (κ2) is 7.27. The molecule has 2 aromatic rings. The normalized spacial score (nSPS) is 20.2. The Labute approximate surface area is 147 Å². The van der Waals surface area contributed by atoms with Gasteiger partial charge in [-0.1, -0.05) is 24.3 Å². The molecular formula is C19H24N4O2. The number of hydrogen-bond acceptors (Lipinski definition) is 4. The van der Waals surface area contributed by atoms with E-state index >= 15 is 0 Å². The van der Waals surface area contributed by atoms with E-state index in [2.05, 4.69) is 34.7 Å². The number of amides is 1. The molecule has 4 rings (SSSR count). The molecule has 1 fully saturated rings. The number of morpholine rings is 1. The maximum absolute atomic E-state index is 12.3. The van der Waals surface area contributed by atoms with Crippen LogP contribution in [0.4, 0.5) is 5.69 Å². The topological polar surface area (TPSA) is 59.4 Å². The second-order valence-corrected chi connectivity index (χ2v) is 6.71. The van der Waals surface area contributed by atoms with Gasteiger partial charge in [0.05, 0.1) is 31.1 Å². The molecule has 0 unspecified atom stereocenters. The fourth-order valence-electron chi connectivity index (χ4n) is 3.68. The van der Waals surface area contributed by atoms with Gasteiger partial charge in [-0.25, -0.2) is 0 Å². The number of nitrogens with zero attached hydrogens (tertiary/aromatic N) is 3. The largest absolute Gasteiger partial charge is 0.378 e. The lowest BCUT2D eigenvalue weighted by Gasteiger charge is -2.27. The van der Waals surface area contributed by atoms with Crippen LogP contribution in [0.1, 0.15) is 30.0 Å². The minimum atomic E-state index is 0.0981. The Morgan fingerprint density at radius 2 is 2.12 bits per heavy atom. The van der Waals surface area contributed by atoms with E-state index in [-0.39, 0.29) is 12.5 Å². The number of aromatic nitrogens is 2. The van der Waals surface area contributed by atoms with Crippen LogP contribution >= 0.6 is 0 Å². The number of aryl methyl sites for hydroxylation is 1. The van der Waals surface area contributed by atoms with Gasteiger partial charge in [0.2, 0.25) is 5.91 Å². The number of carbonyl (C=O) groups is 1. The Morgan fingerprint density at radius 3 is 3.00 bits per heavy atom. The first kappa shape index (κ1) is 16.1. The summed E-state index contributed by atoms with van der Waals surface area (Å²) >= 11 is 0. The molecular weight excluding hydrogens is 316 g/mol. The summed E-state index contributed by atoms with van der Waals surface area (Å²) in [6, 6.07) is 8.95. The van der Waals surface area contributed by atoms with E-state index < -0.39 is 0 Å². The van der Waals surface area contributed by atoms with Gasteiger partial charge < -0.3 is 15.0 Å². The van der Waals surface area contributed by atoms with E-state index in [1.807, 2.05) is 17.3 Å². The van der Waals surface area contributed by atoms with Crippen molar-refractivity contribution in [1.82, 2.24) is 14.7 Å². The monoisotopic (exact) mass is 340 g/mol. The van der Waals surface area contributed by atoms with Gasteiger partial charge in [-0.15, -0.1) is 0 Å². The maximum Gasteiger partial charge on any atom is 0.244 e. The van der Waals surface area contributed by atoms with Gasteiger partial charge in [-0.2, -0.15) is 5.10 Å². The zero-order chi connectivity index (χ0) is 17.1. The zero-order valence-electron chi connectivity index (χ0n) is 14.4. The van der Waals surface area contributed by atoms with Crippen molar-refractivity contribution in [2.24, 2.45) is 0 Å². The third-order valence-electron chi connectivity index (χ3n) is 5.00. The molecule has 1 aliphatic heterocycles. The molecule has 0 bridgehead atoms. The van der Waals surface area contributed by atoms with Crippen molar-refractivity contribution in [1.29, 1.82) is 0 Å². The van der Waals surface area contributed by atoms with Crippen LogP contribution in [0.2, 0.25) is 0 Å². The van der Waals surface area contributed by atoms with Gasteiger partial charge >= 0.3 is 0 Å². The molecule has 132 valence electrons. The van der Waals surface area contributed by atoms with Crippen molar-refractivity contribution < 1.29 is 9.53 Å². The highest BCUT2D eigenvalue weighted by atomic mass is 16.5. The Bertz CT molecular complexity index is 737. The quantitative estimate of drug-likeness (QED) is 0.927. The molecule has 1 saturated heterocycles. The van der Waals surface area contributed by atoms with Crippen molar-refractivity contribution in [2.45, 2.75) is 31.8 Å². The summed E-state index contributed by atoms with van der Waals surface area (Å²) in [7, 11) is 0. The maximum atomic E-state index is 12.3. The summed E-state index contributed by atoms with van der Waals surface area (Å²) in [6.45, 7) is 2.87. The van der Waals surface area contributed by atoms with Crippen molar-refractivity contribution in [3.05, 3.63) is 47.8 Å². The standard InChI is InChI=1S/C19H24N4O2/c24-19(22-8-10-25-11-9-22)14-23-13-16(12-20-23)21-18-7-3-5-15-4-1-2-6-17(15)18/h1-2,4,6,12-13,18,21H,3,5,7-11,14H2/t18-/m1/s1. The zero-order valence-corrected chi connectivity index (χ0v) is 14.4. The number of anilines is 1. The number of carbonyl (C=O) groups excluding carboxylic acids is 1. The van der Waals surface area contributed by atoms with Gasteiger partial charge in [0.25, 0.3) is 0 Å². The van der Waals surface area contributed by atoms with Crippen molar-refractivity contribution in [3.63, 3.8) is 0 Å². The van der Waals surface area contributed by atoms with Crippen LogP contribution in [-0.4, -0.2) is 46.9 Å². The summed E-state index contributed by atoms with van der Waals surface area (Å²) in [5, 5.41) is 7.93. The van der Waals surface area contributed by atoms with E-state index in [0.29, 0.717) is 32.3 Å². The van der Waals surface area contributed by atoms with Gasteiger partial charge in [0.1, 0.15) is 6.54 Å². The summed E-state index contributed by atoms with van der Waals surface area (Å²) in [5.41, 5.74) is 3.78. The van der Waals surface area contributed by atoms with Crippen molar-refractivity contribution in [3.8, 4) is 0 Å². The molecule has 1 aliphatic carbocycles. The highest BCUT2D eigenvalue weighted by Gasteiger charge is 2.21. The minimum absolute atomic E-state index is 0.0981. The summed E-state index contributed by atoms with van der Waals surface area (Å²) in [4.78, 5) is 14.2. The fourth-order valence-corrected chi connectivity index (χ4v) is 3.68. The van der Waals surface area contributed by atoms with Gasteiger partial charge in [-0.05, 0) is 30.4 Å². The average Bonchev–Trinajstić information content (AvgIpc) is 3.09. The van der Waals surface area contributed by atoms with Crippen LogP contribution in [0, 0.1) is 0 Å². The number of rotatable bonds is 4. The molecule has 1 N–H and O–H groups in total. The second-order valence-electron chi connectivity index (χ2n) is 6.71. The Hall–Kier alpha value is -2.34. The third-order valence-corrected chi connectivity index (χ3v) is 5.00. The predicted octanol–water partition coefficient (Wildman–Crippen LogP) is 2.23. The van der Waals surface area contributed by atoms with Crippen LogP contribution in [-0.2, 0) is 22.5 Å². The van der Waals surface area contributed by atoms with E-state index in [1.165, 1.54) is 17.5 Å². The highest BCUT2D eigenvalue weighted by molar-refractivity contribution is 5.76. The van der Waals surface area contributed by atoms with Crippen molar-refractivity contribution in [2.75, 3.05) is 31.6 Å². The number of fused-ring (bicyclic) bond motifs is 1. The molecule has 1 atom stereocenters. The number of benzene rings is 1. The first-order chi connectivity index (χ1) is 12.3. The minimum Gasteiger partial charge on any atom is -0.378 e. The molecule has 2 aliphatic rings. The predicted molar refractivity (Wildman–Crippen MR) is 95.4 cm³/mol. The molecule has 6 heteroatoms. The highest BCUT2D eigenvalue weighted by Crippen LogP contribution is 2.32. The lowest BCUT2D eigenvalue weighted by atomic mass is 9.88. The molecule has 0 saturated carbocycles. The van der Waals surface area contributed by atoms with Crippen LogP contribution < -0.4 is 5.32 Å². The summed E-state index contributed by atoms with van der Waals surface area (Å²) in [6.07, 6.45) is 7.20. The van der Waals surface area contributed by atoms with E-state index in [0.717, 1.165) is 18.5 Å². The van der Waals surface area contributed by atoms with Crippen molar-refractivity contribution >= 4 is 11.6 Å². The molecule has 6 nitrogen and oxygen atoms in total. The molecule has 1 aromatic carbocycles. The summed E-state index contributed by atoms with van der Waals surface area (Å²) in [5.74, 6) is 0.0981. The number of nitrogens with one attached hydrogen (secondary N) is 1. The lowest BCUT2D eigenvalue weighted by molar-refractivity contribution is -0.136. The Morgan fingerprint density at radius 1 is 1.28 bits per heavy atom. The molecule has 0 spiro atoms. The fraction of sp³-hybridized carbons (Fsp3) is 0.474. The average molecular weight is 340 g/mol. The first-order valence-electron chi connectivity index (χ1n) is 9.02. The van der Waals surface area contributed by atoms with Gasteiger partial charge in [-0.3, -0.25) is 9.48 Å². The number of ether oxygens (including phenoxy) is 1. The lowest BCUT2D eigenvalue weighted by Crippen LogP contribution is -2.42. The summed E-state index contributed by atoms with van der Waals surface area (Å²) < 4.78 is 7.01. The van der Waals surface area contributed by atoms with E-state index in [4.69, 9.17) is 4.74 Å². The third kappa shape index (κ3) is 3.69. The Balaban J connectivity index is 1.39. The van der Waals surface area contributed by atoms with E-state index in [9.17, 15) is 4.79 Å². The molecule has 2 heterocycles. The smallest absolute Gasteiger partial charge is 0.244 e. The SMILES string of the molecule is O=C(Cn1cc(N[C@@H]2CCCc3ccccc32)cn1)N1CCOCC1. The first-order valence-corrected chi connectivity index (χ1v) is 9.02. The molecule has 1 amide bonds. The van der Waals surface area contributed by atoms with Gasteiger partial charge in [0, 0.05) is 19.3 Å². The van der Waals surface area contributed by atoms with Crippen LogP contribution in [0.3, 0.4) is 0 Å². The number of hydrogen-bond donors (Lipinski definition) is 1. The van der Waals surface area contributed by atoms with Crippen LogP contribution in [0.5, 0.6) is 0 Å².